The Balaban J connectivity index is 2.41. The lowest BCUT2D eigenvalue weighted by Gasteiger charge is -2.21. The highest BCUT2D eigenvalue weighted by Gasteiger charge is 2.25. The van der Waals surface area contributed by atoms with Gasteiger partial charge in [-0.1, -0.05) is 0 Å². The zero-order valence-electron chi connectivity index (χ0n) is 15.0. The minimum Gasteiger partial charge on any atom is -0.491 e. The largest absolute Gasteiger partial charge is 0.491 e. The highest BCUT2D eigenvalue weighted by molar-refractivity contribution is 7.10. The number of thiophene rings is 1. The Bertz CT molecular complexity index is 725. The number of benzene rings is 1. The fourth-order valence-corrected chi connectivity index (χ4v) is 3.51. The van der Waals surface area contributed by atoms with Crippen molar-refractivity contribution in [1.29, 1.82) is 0 Å². The normalized spacial score (nSPS) is 12.3. The van der Waals surface area contributed by atoms with Crippen LogP contribution in [0.5, 0.6) is 5.75 Å². The molecule has 0 radical (unpaired) electrons. The zero-order chi connectivity index (χ0) is 18.6. The number of rotatable bonds is 7. The van der Waals surface area contributed by atoms with Crippen LogP contribution < -0.4 is 4.74 Å². The molecule has 0 saturated heterocycles. The summed E-state index contributed by atoms with van der Waals surface area (Å²) >= 11 is 1.30. The molecule has 1 amide bonds. The van der Waals surface area contributed by atoms with E-state index >= 15 is 0 Å². The molecule has 1 unspecified atom stereocenters. The summed E-state index contributed by atoms with van der Waals surface area (Å²) in [5.41, 5.74) is 0.923. The average Bonchev–Trinajstić information content (AvgIpc) is 3.04. The molecule has 2 rings (SSSR count). The zero-order valence-corrected chi connectivity index (χ0v) is 15.8. The Morgan fingerprint density at radius 3 is 2.56 bits per heavy atom. The molecule has 0 bridgehead atoms. The van der Waals surface area contributed by atoms with E-state index in [-0.39, 0.29) is 17.8 Å². The number of ether oxygens (including phenoxy) is 1. The molecule has 2 aromatic rings. The number of carbonyl (C=O) groups excluding carboxylic acids is 1. The Kier molecular flexibility index (Phi) is 6.56. The van der Waals surface area contributed by atoms with E-state index in [0.29, 0.717) is 29.1 Å². The van der Waals surface area contributed by atoms with Crippen LogP contribution in [0.25, 0.3) is 0 Å². The third kappa shape index (κ3) is 4.38. The molecular formula is C19H24FNO3S. The number of hydrogen-bond acceptors (Lipinski definition) is 4. The van der Waals surface area contributed by atoms with Gasteiger partial charge < -0.3 is 14.7 Å². The SMILES string of the molecule is CCN(CC)C(=O)c1ccsc1C(O)c1ccc(F)cc1OC(C)C. The van der Waals surface area contributed by atoms with Crippen LogP contribution in [0.1, 0.15) is 54.6 Å². The van der Waals surface area contributed by atoms with Crippen LogP contribution in [0.3, 0.4) is 0 Å². The number of amides is 1. The highest BCUT2D eigenvalue weighted by atomic mass is 32.1. The fourth-order valence-electron chi connectivity index (χ4n) is 2.62. The van der Waals surface area contributed by atoms with Gasteiger partial charge in [0.2, 0.25) is 0 Å². The van der Waals surface area contributed by atoms with Gasteiger partial charge >= 0.3 is 0 Å². The van der Waals surface area contributed by atoms with E-state index in [1.165, 1.54) is 29.5 Å². The quantitative estimate of drug-likeness (QED) is 0.798. The molecular weight excluding hydrogens is 341 g/mol. The first kappa shape index (κ1) is 19.4. The predicted octanol–water partition coefficient (Wildman–Crippen LogP) is 4.24. The van der Waals surface area contributed by atoms with Crippen LogP contribution in [-0.4, -0.2) is 35.1 Å². The van der Waals surface area contributed by atoms with E-state index < -0.39 is 11.9 Å². The number of carbonyl (C=O) groups is 1. The second-order valence-electron chi connectivity index (χ2n) is 5.93. The molecule has 0 aliphatic carbocycles. The Hall–Kier alpha value is -1.92. The van der Waals surface area contributed by atoms with Crippen molar-refractivity contribution in [1.82, 2.24) is 4.90 Å². The van der Waals surface area contributed by atoms with Crippen molar-refractivity contribution < 1.29 is 19.0 Å². The van der Waals surface area contributed by atoms with E-state index in [2.05, 4.69) is 0 Å². The van der Waals surface area contributed by atoms with Gasteiger partial charge in [-0.05, 0) is 51.3 Å². The summed E-state index contributed by atoms with van der Waals surface area (Å²) in [5.74, 6) is -0.261. The third-order valence-electron chi connectivity index (χ3n) is 3.86. The van der Waals surface area contributed by atoms with Crippen LogP contribution in [0.4, 0.5) is 4.39 Å². The van der Waals surface area contributed by atoms with Crippen molar-refractivity contribution in [3.63, 3.8) is 0 Å². The van der Waals surface area contributed by atoms with Gasteiger partial charge in [-0.2, -0.15) is 0 Å². The van der Waals surface area contributed by atoms with Gasteiger partial charge in [-0.25, -0.2) is 4.39 Å². The molecule has 4 nitrogen and oxygen atoms in total. The van der Waals surface area contributed by atoms with Crippen molar-refractivity contribution >= 4 is 17.2 Å². The van der Waals surface area contributed by atoms with Gasteiger partial charge in [0, 0.05) is 24.7 Å². The van der Waals surface area contributed by atoms with Gasteiger partial charge in [0.1, 0.15) is 17.7 Å². The minimum absolute atomic E-state index is 0.117. The number of aliphatic hydroxyl groups excluding tert-OH is 1. The molecule has 1 aromatic heterocycles. The lowest BCUT2D eigenvalue weighted by Crippen LogP contribution is -2.31. The molecule has 1 atom stereocenters. The number of aliphatic hydroxyl groups is 1. The second-order valence-corrected chi connectivity index (χ2v) is 6.87. The summed E-state index contributed by atoms with van der Waals surface area (Å²) in [6.45, 7) is 8.69. The van der Waals surface area contributed by atoms with Gasteiger partial charge in [0.15, 0.2) is 0 Å². The molecule has 0 saturated carbocycles. The van der Waals surface area contributed by atoms with Crippen LogP contribution in [-0.2, 0) is 0 Å². The molecule has 0 fully saturated rings. The van der Waals surface area contributed by atoms with Gasteiger partial charge in [-0.15, -0.1) is 11.3 Å². The molecule has 0 aliphatic heterocycles. The summed E-state index contributed by atoms with van der Waals surface area (Å²) < 4.78 is 19.2. The molecule has 6 heteroatoms. The van der Waals surface area contributed by atoms with E-state index in [9.17, 15) is 14.3 Å². The summed E-state index contributed by atoms with van der Waals surface area (Å²) in [7, 11) is 0. The number of halogens is 1. The number of hydrogen-bond donors (Lipinski definition) is 1. The first-order chi connectivity index (χ1) is 11.9. The van der Waals surface area contributed by atoms with E-state index in [4.69, 9.17) is 4.74 Å². The van der Waals surface area contributed by atoms with Crippen LogP contribution in [0, 0.1) is 5.82 Å². The van der Waals surface area contributed by atoms with Crippen molar-refractivity contribution in [3.05, 3.63) is 51.5 Å². The first-order valence-electron chi connectivity index (χ1n) is 8.39. The van der Waals surface area contributed by atoms with Crippen molar-refractivity contribution in [3.8, 4) is 5.75 Å². The van der Waals surface area contributed by atoms with Crippen LogP contribution >= 0.6 is 11.3 Å². The maximum atomic E-state index is 13.6. The number of nitrogens with zero attached hydrogens (tertiary/aromatic N) is 1. The molecule has 1 N–H and O–H groups in total. The Morgan fingerprint density at radius 1 is 1.28 bits per heavy atom. The van der Waals surface area contributed by atoms with Crippen molar-refractivity contribution in [2.75, 3.05) is 13.1 Å². The van der Waals surface area contributed by atoms with E-state index in [0.717, 1.165) is 0 Å². The summed E-state index contributed by atoms with van der Waals surface area (Å²) in [6.07, 6.45) is -1.21. The molecule has 1 aromatic carbocycles. The van der Waals surface area contributed by atoms with Crippen LogP contribution in [0.15, 0.2) is 29.6 Å². The lowest BCUT2D eigenvalue weighted by atomic mass is 10.0. The Labute approximate surface area is 151 Å². The average molecular weight is 365 g/mol. The van der Waals surface area contributed by atoms with Crippen LogP contribution in [0.2, 0.25) is 0 Å². The van der Waals surface area contributed by atoms with Gasteiger partial charge in [0.05, 0.1) is 16.5 Å². The molecule has 136 valence electrons. The van der Waals surface area contributed by atoms with Crippen molar-refractivity contribution in [2.45, 2.75) is 39.9 Å². The topological polar surface area (TPSA) is 49.8 Å². The highest BCUT2D eigenvalue weighted by Crippen LogP contribution is 2.36. The summed E-state index contributed by atoms with van der Waals surface area (Å²) in [4.78, 5) is 14.9. The molecule has 0 aliphatic rings. The molecule has 25 heavy (non-hydrogen) atoms. The monoisotopic (exact) mass is 365 g/mol. The maximum Gasteiger partial charge on any atom is 0.255 e. The maximum absolute atomic E-state index is 13.6. The third-order valence-corrected chi connectivity index (χ3v) is 4.83. The Morgan fingerprint density at radius 2 is 1.96 bits per heavy atom. The lowest BCUT2D eigenvalue weighted by molar-refractivity contribution is 0.0768. The van der Waals surface area contributed by atoms with Gasteiger partial charge in [-0.3, -0.25) is 4.79 Å². The second kappa shape index (κ2) is 8.45. The minimum atomic E-state index is -1.05. The molecule has 1 heterocycles. The van der Waals surface area contributed by atoms with E-state index in [1.807, 2.05) is 27.7 Å². The van der Waals surface area contributed by atoms with Gasteiger partial charge in [0.25, 0.3) is 5.91 Å². The smallest absolute Gasteiger partial charge is 0.255 e. The molecule has 0 spiro atoms. The van der Waals surface area contributed by atoms with Crippen molar-refractivity contribution in [2.24, 2.45) is 0 Å². The fraction of sp³-hybridized carbons (Fsp3) is 0.421. The summed E-state index contributed by atoms with van der Waals surface area (Å²) in [6, 6.07) is 5.77. The standard InChI is InChI=1S/C19H24FNO3S/c1-5-21(6-2)19(23)15-9-10-25-18(15)17(22)14-8-7-13(20)11-16(14)24-12(3)4/h7-12,17,22H,5-6H2,1-4H3. The first-order valence-corrected chi connectivity index (χ1v) is 9.27. The summed E-state index contributed by atoms with van der Waals surface area (Å²) in [5, 5.41) is 12.6. The van der Waals surface area contributed by atoms with E-state index in [1.54, 1.807) is 16.3 Å². The predicted molar refractivity (Wildman–Crippen MR) is 97.8 cm³/mol.